The van der Waals surface area contributed by atoms with Gasteiger partial charge in [0.25, 0.3) is 0 Å². The number of carbonyl (C=O) groups is 1. The van der Waals surface area contributed by atoms with Gasteiger partial charge in [-0.25, -0.2) is 8.78 Å². The minimum absolute atomic E-state index is 0.284. The Hall–Kier alpha value is -3.11. The molecular weight excluding hydrogens is 334 g/mol. The van der Waals surface area contributed by atoms with Crippen molar-refractivity contribution < 1.29 is 18.7 Å². The zero-order valence-electron chi connectivity index (χ0n) is 13.8. The summed E-state index contributed by atoms with van der Waals surface area (Å²) in [5.41, 5.74) is -0.499. The van der Waals surface area contributed by atoms with Crippen LogP contribution in [0.15, 0.2) is 91.0 Å². The Bertz CT molecular complexity index is 869. The first-order chi connectivity index (χ1) is 12.5. The topological polar surface area (TPSA) is 37.3 Å². The van der Waals surface area contributed by atoms with Crippen molar-refractivity contribution in [3.63, 3.8) is 0 Å². The fraction of sp³-hybridized carbons (Fsp3) is 0.0455. The highest BCUT2D eigenvalue weighted by molar-refractivity contribution is 6.04. The van der Waals surface area contributed by atoms with Crippen molar-refractivity contribution in [1.82, 2.24) is 0 Å². The second-order valence-electron chi connectivity index (χ2n) is 5.84. The predicted molar refractivity (Wildman–Crippen MR) is 95.7 cm³/mol. The minimum atomic E-state index is -1.70. The number of halogens is 2. The number of rotatable bonds is 5. The average molecular weight is 350 g/mol. The van der Waals surface area contributed by atoms with Gasteiger partial charge >= 0.3 is 0 Å². The summed E-state index contributed by atoms with van der Waals surface area (Å²) in [7, 11) is 0. The molecule has 0 heterocycles. The first kappa shape index (κ1) is 17.7. The molecule has 130 valence electrons. The Kier molecular flexibility index (Phi) is 5.05. The van der Waals surface area contributed by atoms with Crippen molar-refractivity contribution in [2.75, 3.05) is 0 Å². The maximum Gasteiger partial charge on any atom is 0.185 e. The summed E-state index contributed by atoms with van der Waals surface area (Å²) in [5.74, 6) is -1.17. The molecule has 0 aliphatic carbocycles. The molecule has 2 nitrogen and oxygen atoms in total. The molecule has 0 aliphatic heterocycles. The normalized spacial score (nSPS) is 11.7. The lowest BCUT2D eigenvalue weighted by atomic mass is 9.85. The molecule has 0 radical (unpaired) electrons. The lowest BCUT2D eigenvalue weighted by Crippen LogP contribution is -2.25. The van der Waals surface area contributed by atoms with Crippen molar-refractivity contribution in [2.45, 2.75) is 5.60 Å². The molecule has 0 bridgehead atoms. The van der Waals surface area contributed by atoms with Gasteiger partial charge in [-0.05, 0) is 47.5 Å². The molecule has 0 spiro atoms. The van der Waals surface area contributed by atoms with Crippen LogP contribution in [0.3, 0.4) is 0 Å². The van der Waals surface area contributed by atoms with E-state index in [0.717, 1.165) is 0 Å². The molecule has 0 fully saturated rings. The van der Waals surface area contributed by atoms with Gasteiger partial charge in [-0.3, -0.25) is 4.79 Å². The second-order valence-corrected chi connectivity index (χ2v) is 5.84. The number of hydrogen-bond acceptors (Lipinski definition) is 2. The fourth-order valence-electron chi connectivity index (χ4n) is 2.66. The van der Waals surface area contributed by atoms with Gasteiger partial charge in [-0.2, -0.15) is 0 Å². The van der Waals surface area contributed by atoms with Crippen molar-refractivity contribution in [1.29, 1.82) is 0 Å². The molecule has 3 rings (SSSR count). The second kappa shape index (κ2) is 7.42. The summed E-state index contributed by atoms with van der Waals surface area (Å²) in [5, 5.41) is 11.2. The van der Waals surface area contributed by atoms with E-state index < -0.39 is 17.2 Å². The Morgan fingerprint density at radius 2 is 1.23 bits per heavy atom. The van der Waals surface area contributed by atoms with Crippen LogP contribution in [-0.4, -0.2) is 10.9 Å². The quantitative estimate of drug-likeness (QED) is 0.538. The van der Waals surface area contributed by atoms with Crippen LogP contribution in [-0.2, 0) is 5.60 Å². The lowest BCUT2D eigenvalue weighted by Gasteiger charge is -2.26. The Labute approximate surface area is 150 Å². The SMILES string of the molecule is O=C(/C=C/C(O)(c1ccc(F)cc1)c1ccc(F)cc1)c1ccccc1. The van der Waals surface area contributed by atoms with Gasteiger partial charge in [0.2, 0.25) is 0 Å². The molecule has 0 aliphatic rings. The summed E-state index contributed by atoms with van der Waals surface area (Å²) < 4.78 is 26.5. The summed E-state index contributed by atoms with van der Waals surface area (Å²) in [6.07, 6.45) is 2.60. The van der Waals surface area contributed by atoms with E-state index in [1.165, 1.54) is 60.7 Å². The number of ketones is 1. The largest absolute Gasteiger partial charge is 0.377 e. The van der Waals surface area contributed by atoms with Crippen LogP contribution >= 0.6 is 0 Å². The minimum Gasteiger partial charge on any atom is -0.377 e. The highest BCUT2D eigenvalue weighted by Gasteiger charge is 2.29. The van der Waals surface area contributed by atoms with E-state index in [1.54, 1.807) is 30.3 Å². The fourth-order valence-corrected chi connectivity index (χ4v) is 2.66. The van der Waals surface area contributed by atoms with Gasteiger partial charge in [0, 0.05) is 5.56 Å². The van der Waals surface area contributed by atoms with Crippen LogP contribution in [0.25, 0.3) is 0 Å². The first-order valence-electron chi connectivity index (χ1n) is 8.02. The van der Waals surface area contributed by atoms with Crippen molar-refractivity contribution >= 4 is 5.78 Å². The molecule has 4 heteroatoms. The molecule has 0 atom stereocenters. The highest BCUT2D eigenvalue weighted by atomic mass is 19.1. The third kappa shape index (κ3) is 3.76. The molecule has 1 N–H and O–H groups in total. The van der Waals surface area contributed by atoms with Crippen molar-refractivity contribution in [2.24, 2.45) is 0 Å². The molecule has 0 unspecified atom stereocenters. The molecule has 3 aromatic rings. The standard InChI is InChI=1S/C22H16F2O2/c23-19-10-6-17(7-11-19)22(26,18-8-12-20(24)13-9-18)15-14-21(25)16-4-2-1-3-5-16/h1-15,26H/b15-14+. The van der Waals surface area contributed by atoms with Crippen LogP contribution in [0.2, 0.25) is 0 Å². The number of benzene rings is 3. The van der Waals surface area contributed by atoms with Crippen molar-refractivity contribution in [3.05, 3.63) is 119 Å². The third-order valence-corrected chi connectivity index (χ3v) is 4.10. The van der Waals surface area contributed by atoms with E-state index in [0.29, 0.717) is 16.7 Å². The number of carbonyl (C=O) groups excluding carboxylic acids is 1. The number of aliphatic hydroxyl groups is 1. The Morgan fingerprint density at radius 3 is 1.69 bits per heavy atom. The molecule has 0 aromatic heterocycles. The van der Waals surface area contributed by atoms with Gasteiger partial charge in [0.05, 0.1) is 0 Å². The summed E-state index contributed by atoms with van der Waals surface area (Å²) in [4.78, 5) is 12.3. The van der Waals surface area contributed by atoms with Gasteiger partial charge in [0.1, 0.15) is 17.2 Å². The monoisotopic (exact) mass is 350 g/mol. The Morgan fingerprint density at radius 1 is 0.769 bits per heavy atom. The van der Waals surface area contributed by atoms with Gasteiger partial charge in [-0.15, -0.1) is 0 Å². The molecule has 0 saturated heterocycles. The molecule has 0 saturated carbocycles. The summed E-state index contributed by atoms with van der Waals surface area (Å²) >= 11 is 0. The van der Waals surface area contributed by atoms with E-state index in [2.05, 4.69) is 0 Å². The van der Waals surface area contributed by atoms with Gasteiger partial charge in [-0.1, -0.05) is 54.6 Å². The summed E-state index contributed by atoms with van der Waals surface area (Å²) in [6.45, 7) is 0. The number of hydrogen-bond donors (Lipinski definition) is 1. The first-order valence-corrected chi connectivity index (χ1v) is 8.02. The van der Waals surface area contributed by atoms with Crippen LogP contribution in [0.5, 0.6) is 0 Å². The lowest BCUT2D eigenvalue weighted by molar-refractivity contribution is 0.103. The maximum atomic E-state index is 13.3. The van der Waals surface area contributed by atoms with Gasteiger partial charge < -0.3 is 5.11 Å². The van der Waals surface area contributed by atoms with E-state index in [4.69, 9.17) is 0 Å². The Balaban J connectivity index is 2.03. The van der Waals surface area contributed by atoms with E-state index >= 15 is 0 Å². The molecule has 3 aromatic carbocycles. The average Bonchev–Trinajstić information content (AvgIpc) is 2.67. The molecule has 26 heavy (non-hydrogen) atoms. The smallest absolute Gasteiger partial charge is 0.185 e. The predicted octanol–water partition coefficient (Wildman–Crippen LogP) is 4.64. The van der Waals surface area contributed by atoms with Gasteiger partial charge in [0.15, 0.2) is 5.78 Å². The van der Waals surface area contributed by atoms with Crippen molar-refractivity contribution in [3.8, 4) is 0 Å². The van der Waals surface area contributed by atoms with Crippen LogP contribution in [0.1, 0.15) is 21.5 Å². The zero-order valence-corrected chi connectivity index (χ0v) is 13.8. The number of allylic oxidation sites excluding steroid dienone is 1. The third-order valence-electron chi connectivity index (χ3n) is 4.10. The molecule has 0 amide bonds. The van der Waals surface area contributed by atoms with Crippen LogP contribution in [0.4, 0.5) is 8.78 Å². The molecular formula is C22H16F2O2. The van der Waals surface area contributed by atoms with E-state index in [-0.39, 0.29) is 5.78 Å². The zero-order chi connectivity index (χ0) is 18.6. The van der Waals surface area contributed by atoms with E-state index in [9.17, 15) is 18.7 Å². The highest BCUT2D eigenvalue weighted by Crippen LogP contribution is 2.31. The van der Waals surface area contributed by atoms with E-state index in [1.807, 2.05) is 0 Å². The van der Waals surface area contributed by atoms with Crippen LogP contribution < -0.4 is 0 Å². The van der Waals surface area contributed by atoms with Crippen LogP contribution in [0, 0.1) is 11.6 Å². The summed E-state index contributed by atoms with van der Waals surface area (Å²) in [6, 6.07) is 19.2. The maximum absolute atomic E-state index is 13.3.